The number of fused-ring (bicyclic) bond motifs is 5. The zero-order valence-electron chi connectivity index (χ0n) is 23.6. The van der Waals surface area contributed by atoms with Crippen LogP contribution in [0.25, 0.3) is 29.5 Å². The van der Waals surface area contributed by atoms with Gasteiger partial charge in [0, 0.05) is 39.1 Å². The minimum Gasteiger partial charge on any atom is -0.339 e. The zero-order valence-corrected chi connectivity index (χ0v) is 23.6. The van der Waals surface area contributed by atoms with Crippen LogP contribution in [-0.4, -0.2) is 15.5 Å². The van der Waals surface area contributed by atoms with Crippen molar-refractivity contribution in [2.75, 3.05) is 0 Å². The smallest absolute Gasteiger partial charge is 0.0899 e. The standard InChI is InChI=1S/C38H32N4/c39-23-25-20-21-36-31(22-25)28-12-3-7-17-34(28)42(36)33-16-6-2-11-27(33)29-14-9-19-37-38(29)30-13-4-8-18-35(30)41(37)32-15-5-1-10-26(32)24-40/h1-2,4-7,9,11,13-17,19,21-22,25-26,37-38H,3,8,10,12,18,20H2. The van der Waals surface area contributed by atoms with Gasteiger partial charge in [0.25, 0.3) is 0 Å². The SMILES string of the molecule is N#CC1C=c2c3c(n(-c4ccccc4C4=CC=CC5C4C4=C(CCC=C4)N5C4=CC=CCC4C#N)c2=CC1)C=CCC3. The second-order valence-corrected chi connectivity index (χ2v) is 11.9. The van der Waals surface area contributed by atoms with Crippen molar-refractivity contribution < 1.29 is 0 Å². The van der Waals surface area contributed by atoms with E-state index in [0.29, 0.717) is 0 Å². The Hall–Kier alpha value is -4.80. The molecule has 204 valence electrons. The van der Waals surface area contributed by atoms with Gasteiger partial charge in [0.1, 0.15) is 0 Å². The maximum absolute atomic E-state index is 10.1. The highest BCUT2D eigenvalue weighted by Crippen LogP contribution is 2.51. The maximum atomic E-state index is 10.1. The van der Waals surface area contributed by atoms with Crippen molar-refractivity contribution in [3.63, 3.8) is 0 Å². The molecule has 1 aromatic carbocycles. The van der Waals surface area contributed by atoms with Crippen LogP contribution in [0.3, 0.4) is 0 Å². The Kier molecular flexibility index (Phi) is 5.90. The molecule has 8 rings (SSSR count). The monoisotopic (exact) mass is 544 g/mol. The quantitative estimate of drug-likeness (QED) is 0.450. The van der Waals surface area contributed by atoms with E-state index in [9.17, 15) is 10.5 Å². The number of rotatable bonds is 3. The first-order chi connectivity index (χ1) is 20.8. The molecule has 0 radical (unpaired) electrons. The first-order valence-electron chi connectivity index (χ1n) is 15.2. The van der Waals surface area contributed by atoms with Crippen LogP contribution < -0.4 is 10.6 Å². The van der Waals surface area contributed by atoms with Crippen molar-refractivity contribution in [1.29, 1.82) is 10.5 Å². The highest BCUT2D eigenvalue weighted by atomic mass is 15.2. The number of para-hydroxylation sites is 1. The van der Waals surface area contributed by atoms with Crippen LogP contribution in [0.15, 0.2) is 95.9 Å². The molecular weight excluding hydrogens is 512 g/mol. The van der Waals surface area contributed by atoms with Gasteiger partial charge in [-0.25, -0.2) is 0 Å². The predicted molar refractivity (Wildman–Crippen MR) is 168 cm³/mol. The van der Waals surface area contributed by atoms with E-state index in [4.69, 9.17) is 0 Å². The molecule has 0 amide bonds. The molecule has 4 unspecified atom stereocenters. The average Bonchev–Trinajstić information content (AvgIpc) is 3.57. The third kappa shape index (κ3) is 3.65. The zero-order chi connectivity index (χ0) is 28.2. The Labute approximate surface area is 246 Å². The van der Waals surface area contributed by atoms with Crippen LogP contribution in [0.1, 0.15) is 48.9 Å². The summed E-state index contributed by atoms with van der Waals surface area (Å²) < 4.78 is 2.45. The van der Waals surface area contributed by atoms with E-state index in [1.165, 1.54) is 49.9 Å². The maximum Gasteiger partial charge on any atom is 0.0899 e. The number of nitrogens with zero attached hydrogens (tertiary/aromatic N) is 4. The molecule has 0 fully saturated rings. The summed E-state index contributed by atoms with van der Waals surface area (Å²) >= 11 is 0. The average molecular weight is 545 g/mol. The molecule has 0 saturated carbocycles. The molecule has 1 aromatic heterocycles. The number of hydrogen-bond donors (Lipinski definition) is 0. The summed E-state index contributed by atoms with van der Waals surface area (Å²) in [5.74, 6) is -0.0121. The lowest BCUT2D eigenvalue weighted by Gasteiger charge is -2.37. The predicted octanol–water partition coefficient (Wildman–Crippen LogP) is 6.38. The van der Waals surface area contributed by atoms with Crippen LogP contribution in [0.5, 0.6) is 0 Å². The largest absolute Gasteiger partial charge is 0.339 e. The Morgan fingerprint density at radius 3 is 2.67 bits per heavy atom. The topological polar surface area (TPSA) is 55.8 Å². The summed E-state index contributed by atoms with van der Waals surface area (Å²) in [5, 5.41) is 22.2. The van der Waals surface area contributed by atoms with E-state index in [1.54, 1.807) is 0 Å². The molecule has 42 heavy (non-hydrogen) atoms. The second-order valence-electron chi connectivity index (χ2n) is 11.9. The van der Waals surface area contributed by atoms with Gasteiger partial charge in [0.2, 0.25) is 0 Å². The van der Waals surface area contributed by atoms with Crippen LogP contribution in [-0.2, 0) is 6.42 Å². The van der Waals surface area contributed by atoms with Gasteiger partial charge in [-0.05, 0) is 73.5 Å². The highest BCUT2D eigenvalue weighted by molar-refractivity contribution is 5.81. The third-order valence-electron chi connectivity index (χ3n) is 9.71. The normalized spacial score (nSPS) is 26.6. The fourth-order valence-corrected chi connectivity index (χ4v) is 7.92. The Balaban J connectivity index is 1.31. The van der Waals surface area contributed by atoms with Crippen molar-refractivity contribution in [1.82, 2.24) is 9.47 Å². The van der Waals surface area contributed by atoms with E-state index in [1.807, 2.05) is 0 Å². The number of benzene rings is 1. The first kappa shape index (κ1) is 25.0. The van der Waals surface area contributed by atoms with Gasteiger partial charge in [0.05, 0.1) is 35.7 Å². The number of nitriles is 2. The van der Waals surface area contributed by atoms with Crippen LogP contribution in [0, 0.1) is 40.4 Å². The third-order valence-corrected chi connectivity index (χ3v) is 9.71. The van der Waals surface area contributed by atoms with Gasteiger partial charge < -0.3 is 9.47 Å². The number of hydrogen-bond acceptors (Lipinski definition) is 3. The van der Waals surface area contributed by atoms with Crippen LogP contribution in [0.4, 0.5) is 0 Å². The van der Waals surface area contributed by atoms with E-state index in [2.05, 4.69) is 119 Å². The summed E-state index contributed by atoms with van der Waals surface area (Å²) in [6.07, 6.45) is 32.5. The lowest BCUT2D eigenvalue weighted by Crippen LogP contribution is -2.36. The summed E-state index contributed by atoms with van der Waals surface area (Å²) in [5.41, 5.74) is 10.3. The molecular formula is C38H32N4. The Morgan fingerprint density at radius 2 is 1.76 bits per heavy atom. The summed E-state index contributed by atoms with van der Waals surface area (Å²) in [7, 11) is 0. The fourth-order valence-electron chi connectivity index (χ4n) is 7.92. The van der Waals surface area contributed by atoms with Gasteiger partial charge in [-0.15, -0.1) is 0 Å². The van der Waals surface area contributed by atoms with E-state index in [0.717, 1.165) is 44.2 Å². The molecule has 0 saturated heterocycles. The van der Waals surface area contributed by atoms with Crippen molar-refractivity contribution >= 4 is 23.8 Å². The molecule has 2 aromatic rings. The lowest BCUT2D eigenvalue weighted by atomic mass is 9.78. The van der Waals surface area contributed by atoms with Gasteiger partial charge >= 0.3 is 0 Å². The van der Waals surface area contributed by atoms with Gasteiger partial charge in [-0.3, -0.25) is 0 Å². The molecule has 5 aliphatic carbocycles. The van der Waals surface area contributed by atoms with Crippen molar-refractivity contribution in [2.24, 2.45) is 17.8 Å². The van der Waals surface area contributed by atoms with Gasteiger partial charge in [0.15, 0.2) is 0 Å². The van der Waals surface area contributed by atoms with E-state index < -0.39 is 0 Å². The summed E-state index contributed by atoms with van der Waals surface area (Å²) in [6, 6.07) is 14.0. The first-order valence-corrected chi connectivity index (χ1v) is 15.2. The van der Waals surface area contributed by atoms with Crippen LogP contribution >= 0.6 is 0 Å². The van der Waals surface area contributed by atoms with Gasteiger partial charge in [-0.2, -0.15) is 10.5 Å². The fraction of sp³-hybridized carbons (Fsp3) is 0.263. The summed E-state index contributed by atoms with van der Waals surface area (Å²) in [6.45, 7) is 0. The molecule has 2 heterocycles. The minimum absolute atomic E-state index is 0.0698. The number of aromatic nitrogens is 1. The van der Waals surface area contributed by atoms with Crippen LogP contribution in [0.2, 0.25) is 0 Å². The van der Waals surface area contributed by atoms with Crippen molar-refractivity contribution in [3.8, 4) is 17.8 Å². The lowest BCUT2D eigenvalue weighted by molar-refractivity contribution is 0.331. The second kappa shape index (κ2) is 9.93. The van der Waals surface area contributed by atoms with Crippen molar-refractivity contribution in [3.05, 3.63) is 123 Å². The molecule has 0 spiro atoms. The molecule has 4 heteroatoms. The molecule has 4 nitrogen and oxygen atoms in total. The summed E-state index contributed by atoms with van der Waals surface area (Å²) in [4.78, 5) is 2.50. The van der Waals surface area contributed by atoms with Gasteiger partial charge in [-0.1, -0.05) is 79.0 Å². The Bertz CT molecular complexity index is 1940. The van der Waals surface area contributed by atoms with E-state index >= 15 is 0 Å². The van der Waals surface area contributed by atoms with E-state index in [-0.39, 0.29) is 23.8 Å². The molecule has 0 N–H and O–H groups in total. The minimum atomic E-state index is -0.128. The Morgan fingerprint density at radius 1 is 0.881 bits per heavy atom. The molecule has 6 aliphatic rings. The molecule has 1 aliphatic heterocycles. The molecule has 4 atom stereocenters. The highest BCUT2D eigenvalue weighted by Gasteiger charge is 2.44. The van der Waals surface area contributed by atoms with Crippen molar-refractivity contribution in [2.45, 2.75) is 44.6 Å². The number of allylic oxidation sites excluding steroid dienone is 10. The molecule has 0 bridgehead atoms.